The number of aromatic amines is 2. The molecule has 0 spiro atoms. The molecule has 8 bridgehead atoms. The van der Waals surface area contributed by atoms with Crippen molar-refractivity contribution in [2.75, 3.05) is 0 Å². The topological polar surface area (TPSA) is 83.1 Å². The second-order valence-electron chi connectivity index (χ2n) is 12.7. The molecule has 9 rings (SSSR count). The Morgan fingerprint density at radius 1 is 0.340 bits per heavy atom. The average molecular weight is 645 g/mol. The molecular formula is C44H32N6. The molecule has 7 heterocycles. The minimum Gasteiger partial charge on any atom is -0.354 e. The first kappa shape index (κ1) is 29.5. The molecule has 0 atom stereocenters. The van der Waals surface area contributed by atoms with Crippen LogP contribution in [0.5, 0.6) is 0 Å². The highest BCUT2D eigenvalue weighted by molar-refractivity contribution is 5.99. The van der Waals surface area contributed by atoms with E-state index in [1.165, 1.54) is 11.1 Å². The summed E-state index contributed by atoms with van der Waals surface area (Å²) in [7, 11) is 0. The molecule has 6 heteroatoms. The number of fused-ring (bicyclic) bond motifs is 8. The number of nitrogens with zero attached hydrogens (tertiary/aromatic N) is 4. The third-order valence-electron chi connectivity index (χ3n) is 9.37. The van der Waals surface area contributed by atoms with E-state index >= 15 is 0 Å². The van der Waals surface area contributed by atoms with Gasteiger partial charge in [-0.3, -0.25) is 9.97 Å². The van der Waals surface area contributed by atoms with Crippen LogP contribution in [0, 0.1) is 13.8 Å². The monoisotopic (exact) mass is 644 g/mol. The number of aryl methyl sites for hydroxylation is 2. The van der Waals surface area contributed by atoms with Gasteiger partial charge in [-0.15, -0.1) is 0 Å². The number of pyridine rings is 2. The van der Waals surface area contributed by atoms with Crippen molar-refractivity contribution in [1.29, 1.82) is 0 Å². The minimum atomic E-state index is 0.863. The van der Waals surface area contributed by atoms with Crippen molar-refractivity contribution in [2.24, 2.45) is 0 Å². The maximum atomic E-state index is 5.38. The molecular weight excluding hydrogens is 613 g/mol. The van der Waals surface area contributed by atoms with Crippen LogP contribution in [-0.4, -0.2) is 29.9 Å². The molecule has 0 radical (unpaired) electrons. The van der Waals surface area contributed by atoms with Crippen molar-refractivity contribution in [2.45, 2.75) is 13.8 Å². The molecule has 0 fully saturated rings. The quantitative estimate of drug-likeness (QED) is 0.200. The number of H-pyrrole nitrogens is 2. The Bertz CT molecular complexity index is 2450. The molecule has 7 aromatic rings. The lowest BCUT2D eigenvalue weighted by molar-refractivity contribution is 1.29. The zero-order valence-corrected chi connectivity index (χ0v) is 27.6. The molecule has 238 valence electrons. The van der Waals surface area contributed by atoms with Gasteiger partial charge in [-0.05, 0) is 109 Å². The second-order valence-corrected chi connectivity index (χ2v) is 12.7. The molecule has 2 N–H and O–H groups in total. The summed E-state index contributed by atoms with van der Waals surface area (Å²) in [6.07, 6.45) is 15.8. The zero-order chi connectivity index (χ0) is 33.6. The fraction of sp³-hybridized carbons (Fsp3) is 0.0455. The van der Waals surface area contributed by atoms with Gasteiger partial charge in [-0.1, -0.05) is 59.7 Å². The standard InChI is InChI=1S/C44H32N6/c1-27-3-7-29(8-4-27)41-33-11-12-34(47-33)42(30-9-5-28(2)6-10-30)36-14-16-38(49-36)44(32-21-25-46-26-22-32)40-18-17-39(50-40)43(31-19-23-45-24-20-31)37-15-13-35(41)48-37/h3-26,48-49H,1-2H3. The Labute approximate surface area is 289 Å². The Kier molecular flexibility index (Phi) is 7.13. The normalized spacial score (nSPS) is 12.0. The first-order chi connectivity index (χ1) is 24.6. The Hall–Kier alpha value is -6.66. The molecule has 2 aliphatic rings. The first-order valence-electron chi connectivity index (χ1n) is 16.7. The Morgan fingerprint density at radius 2 is 0.620 bits per heavy atom. The zero-order valence-electron chi connectivity index (χ0n) is 27.6. The number of aromatic nitrogens is 6. The van der Waals surface area contributed by atoms with Gasteiger partial charge in [0.1, 0.15) is 0 Å². The van der Waals surface area contributed by atoms with E-state index in [9.17, 15) is 0 Å². The summed E-state index contributed by atoms with van der Waals surface area (Å²) in [6.45, 7) is 4.22. The summed E-state index contributed by atoms with van der Waals surface area (Å²) >= 11 is 0. The Morgan fingerprint density at radius 3 is 0.920 bits per heavy atom. The molecule has 0 unspecified atom stereocenters. The lowest BCUT2D eigenvalue weighted by Crippen LogP contribution is -1.90. The fourth-order valence-electron chi connectivity index (χ4n) is 6.90. The number of hydrogen-bond acceptors (Lipinski definition) is 4. The highest BCUT2D eigenvalue weighted by Gasteiger charge is 2.18. The highest BCUT2D eigenvalue weighted by atomic mass is 14.8. The van der Waals surface area contributed by atoms with Crippen LogP contribution in [-0.2, 0) is 0 Å². The summed E-state index contributed by atoms with van der Waals surface area (Å²) in [6, 6.07) is 34.0. The predicted molar refractivity (Wildman–Crippen MR) is 206 cm³/mol. The van der Waals surface area contributed by atoms with Gasteiger partial charge in [0.15, 0.2) is 0 Å². The van der Waals surface area contributed by atoms with Crippen LogP contribution in [0.15, 0.2) is 122 Å². The van der Waals surface area contributed by atoms with Gasteiger partial charge in [-0.2, -0.15) is 0 Å². The van der Waals surface area contributed by atoms with Crippen molar-refractivity contribution in [3.8, 4) is 44.5 Å². The molecule has 0 amide bonds. The summed E-state index contributed by atoms with van der Waals surface area (Å²) in [5.41, 5.74) is 18.1. The third kappa shape index (κ3) is 5.24. The van der Waals surface area contributed by atoms with Gasteiger partial charge < -0.3 is 9.97 Å². The summed E-state index contributed by atoms with van der Waals surface area (Å²) in [5.74, 6) is 0. The highest BCUT2D eigenvalue weighted by Crippen LogP contribution is 2.38. The third-order valence-corrected chi connectivity index (χ3v) is 9.37. The molecule has 2 aliphatic heterocycles. The van der Waals surface area contributed by atoms with Crippen LogP contribution >= 0.6 is 0 Å². The van der Waals surface area contributed by atoms with Crippen LogP contribution in [0.4, 0.5) is 0 Å². The molecule has 0 aliphatic carbocycles. The molecule has 5 aromatic heterocycles. The van der Waals surface area contributed by atoms with E-state index in [2.05, 4.69) is 131 Å². The van der Waals surface area contributed by atoms with Crippen molar-refractivity contribution in [3.63, 3.8) is 0 Å². The predicted octanol–water partition coefficient (Wildman–Crippen LogP) is 10.7. The fourth-order valence-corrected chi connectivity index (χ4v) is 6.90. The van der Waals surface area contributed by atoms with Crippen molar-refractivity contribution >= 4 is 46.4 Å². The van der Waals surface area contributed by atoms with Gasteiger partial charge in [0.25, 0.3) is 0 Å². The van der Waals surface area contributed by atoms with E-state index in [-0.39, 0.29) is 0 Å². The van der Waals surface area contributed by atoms with Crippen molar-refractivity contribution in [3.05, 3.63) is 156 Å². The molecule has 50 heavy (non-hydrogen) atoms. The van der Waals surface area contributed by atoms with Crippen LogP contribution in [0.3, 0.4) is 0 Å². The van der Waals surface area contributed by atoms with Gasteiger partial charge in [-0.25, -0.2) is 9.97 Å². The number of nitrogens with one attached hydrogen (secondary N) is 2. The van der Waals surface area contributed by atoms with E-state index in [1.807, 2.05) is 49.1 Å². The largest absolute Gasteiger partial charge is 0.354 e. The lowest BCUT2D eigenvalue weighted by atomic mass is 10.0. The van der Waals surface area contributed by atoms with E-state index in [0.717, 1.165) is 89.4 Å². The maximum absolute atomic E-state index is 5.38. The smallest absolute Gasteiger partial charge is 0.0737 e. The van der Waals surface area contributed by atoms with Gasteiger partial charge in [0.05, 0.1) is 22.8 Å². The van der Waals surface area contributed by atoms with E-state index < -0.39 is 0 Å². The number of hydrogen-bond donors (Lipinski definition) is 2. The van der Waals surface area contributed by atoms with Crippen LogP contribution in [0.25, 0.3) is 90.9 Å². The molecule has 2 aromatic carbocycles. The molecule has 0 saturated heterocycles. The van der Waals surface area contributed by atoms with Crippen molar-refractivity contribution in [1.82, 2.24) is 29.9 Å². The van der Waals surface area contributed by atoms with Gasteiger partial charge in [0.2, 0.25) is 0 Å². The van der Waals surface area contributed by atoms with Crippen LogP contribution in [0.2, 0.25) is 0 Å². The molecule has 0 saturated carbocycles. The SMILES string of the molecule is Cc1ccc(-c2c3nc(c(-c4ccc(C)cc4)c4ccc([nH]4)c(-c4ccncc4)c4nc(c(-c5ccncc5)c5ccc2[nH]5)C=C4)C=C3)cc1. The van der Waals surface area contributed by atoms with Crippen molar-refractivity contribution < 1.29 is 0 Å². The number of rotatable bonds is 4. The van der Waals surface area contributed by atoms with Crippen LogP contribution < -0.4 is 0 Å². The summed E-state index contributed by atoms with van der Waals surface area (Å²) in [5, 5.41) is 0. The van der Waals surface area contributed by atoms with Gasteiger partial charge in [0, 0.05) is 69.1 Å². The first-order valence-corrected chi connectivity index (χ1v) is 16.7. The minimum absolute atomic E-state index is 0.863. The Balaban J connectivity index is 1.48. The lowest BCUT2D eigenvalue weighted by Gasteiger charge is -2.07. The van der Waals surface area contributed by atoms with E-state index in [1.54, 1.807) is 0 Å². The van der Waals surface area contributed by atoms with E-state index in [0.29, 0.717) is 0 Å². The maximum Gasteiger partial charge on any atom is 0.0737 e. The summed E-state index contributed by atoms with van der Waals surface area (Å²) in [4.78, 5) is 26.9. The molecule has 6 nitrogen and oxygen atoms in total. The van der Waals surface area contributed by atoms with E-state index in [4.69, 9.17) is 9.97 Å². The number of benzene rings is 2. The van der Waals surface area contributed by atoms with Crippen LogP contribution in [0.1, 0.15) is 33.9 Å². The van der Waals surface area contributed by atoms with Gasteiger partial charge >= 0.3 is 0 Å². The average Bonchev–Trinajstić information content (AvgIpc) is 3.98. The second kappa shape index (κ2) is 12.1. The summed E-state index contributed by atoms with van der Waals surface area (Å²) < 4.78 is 0.